The number of carbonyl (C=O) groups excluding carboxylic acids is 1. The summed E-state index contributed by atoms with van der Waals surface area (Å²) < 4.78 is 1.20. The van der Waals surface area contributed by atoms with Gasteiger partial charge in [-0.3, -0.25) is 9.69 Å². The van der Waals surface area contributed by atoms with Gasteiger partial charge >= 0.3 is 0 Å². The van der Waals surface area contributed by atoms with E-state index in [2.05, 4.69) is 36.8 Å². The molecule has 1 aliphatic rings. The lowest BCUT2D eigenvalue weighted by molar-refractivity contribution is -0.117. The third-order valence-electron chi connectivity index (χ3n) is 2.26. The Morgan fingerprint density at radius 2 is 2.25 bits per heavy atom. The average molecular weight is 370 g/mol. The number of pyridine rings is 1. The zero-order chi connectivity index (χ0) is 11.9. The minimum absolute atomic E-state index is 0.127. The lowest BCUT2D eigenvalue weighted by Crippen LogP contribution is -2.26. The maximum atomic E-state index is 11.6. The summed E-state index contributed by atoms with van der Waals surface area (Å²) in [7, 11) is 0. The van der Waals surface area contributed by atoms with Gasteiger partial charge in [-0.25, -0.2) is 4.98 Å². The number of anilines is 1. The van der Waals surface area contributed by atoms with E-state index in [4.69, 9.17) is 11.6 Å². The largest absolute Gasteiger partial charge is 0.391 e. The van der Waals surface area contributed by atoms with E-state index in [1.807, 2.05) is 0 Å². The van der Waals surface area contributed by atoms with E-state index in [-0.39, 0.29) is 18.9 Å². The molecule has 2 heterocycles. The minimum Gasteiger partial charge on any atom is -0.391 e. The van der Waals surface area contributed by atoms with Crippen LogP contribution in [0.1, 0.15) is 6.42 Å². The molecule has 0 spiro atoms. The Morgan fingerprint density at radius 3 is 2.81 bits per heavy atom. The predicted molar refractivity (Wildman–Crippen MR) is 67.6 cm³/mol. The van der Waals surface area contributed by atoms with Crippen LogP contribution < -0.4 is 4.90 Å². The van der Waals surface area contributed by atoms with Gasteiger partial charge in [0.05, 0.1) is 33.0 Å². The van der Waals surface area contributed by atoms with Gasteiger partial charge in [0.1, 0.15) is 0 Å². The SMILES string of the molecule is O=C1CC(O)CN1c1ncc(Br)c(Cl)c1Br. The highest BCUT2D eigenvalue weighted by atomic mass is 79.9. The molecule has 1 fully saturated rings. The monoisotopic (exact) mass is 368 g/mol. The third kappa shape index (κ3) is 2.11. The van der Waals surface area contributed by atoms with E-state index in [1.165, 1.54) is 11.1 Å². The van der Waals surface area contributed by atoms with Crippen molar-refractivity contribution in [1.29, 1.82) is 0 Å². The molecule has 16 heavy (non-hydrogen) atoms. The number of halogens is 3. The first-order valence-electron chi connectivity index (χ1n) is 4.48. The number of nitrogens with zero attached hydrogens (tertiary/aromatic N) is 2. The van der Waals surface area contributed by atoms with Crippen LogP contribution in [0.5, 0.6) is 0 Å². The average Bonchev–Trinajstić information content (AvgIpc) is 2.55. The Kier molecular flexibility index (Phi) is 3.53. The number of aromatic nitrogens is 1. The van der Waals surface area contributed by atoms with Gasteiger partial charge in [0, 0.05) is 6.20 Å². The number of rotatable bonds is 1. The van der Waals surface area contributed by atoms with Crippen LogP contribution in [0.4, 0.5) is 5.82 Å². The summed E-state index contributed by atoms with van der Waals surface area (Å²) in [4.78, 5) is 17.1. The van der Waals surface area contributed by atoms with Gasteiger partial charge in [-0.15, -0.1) is 0 Å². The smallest absolute Gasteiger partial charge is 0.230 e. The Bertz CT molecular complexity index is 455. The quantitative estimate of drug-likeness (QED) is 0.826. The van der Waals surface area contributed by atoms with E-state index in [9.17, 15) is 9.90 Å². The molecule has 1 N–H and O–H groups in total. The van der Waals surface area contributed by atoms with Crippen molar-refractivity contribution < 1.29 is 9.90 Å². The summed E-state index contributed by atoms with van der Waals surface area (Å²) in [6, 6.07) is 0. The van der Waals surface area contributed by atoms with Crippen molar-refractivity contribution in [3.8, 4) is 0 Å². The highest BCUT2D eigenvalue weighted by Gasteiger charge is 2.31. The Labute approximate surface area is 114 Å². The first-order valence-corrected chi connectivity index (χ1v) is 6.45. The summed E-state index contributed by atoms with van der Waals surface area (Å²) in [5, 5.41) is 9.86. The topological polar surface area (TPSA) is 53.4 Å². The van der Waals surface area contributed by atoms with Crippen molar-refractivity contribution in [1.82, 2.24) is 4.98 Å². The van der Waals surface area contributed by atoms with Gasteiger partial charge in [0.25, 0.3) is 0 Å². The van der Waals surface area contributed by atoms with Gasteiger partial charge in [0.15, 0.2) is 5.82 Å². The number of hydrogen-bond acceptors (Lipinski definition) is 3. The maximum Gasteiger partial charge on any atom is 0.230 e. The van der Waals surface area contributed by atoms with Crippen LogP contribution in [-0.4, -0.2) is 28.6 Å². The number of carbonyl (C=O) groups is 1. The van der Waals surface area contributed by atoms with Crippen molar-refractivity contribution >= 4 is 55.2 Å². The van der Waals surface area contributed by atoms with E-state index in [0.717, 1.165) is 0 Å². The molecule has 86 valence electrons. The number of hydrogen-bond donors (Lipinski definition) is 1. The molecule has 0 aromatic carbocycles. The molecule has 4 nitrogen and oxygen atoms in total. The number of β-amino-alcohol motifs (C(OH)–C–C–N with tert-alkyl or cyclic N) is 1. The normalized spacial score (nSPS) is 20.6. The van der Waals surface area contributed by atoms with E-state index >= 15 is 0 Å². The van der Waals surface area contributed by atoms with Crippen molar-refractivity contribution in [2.45, 2.75) is 12.5 Å². The lowest BCUT2D eigenvalue weighted by atomic mass is 10.3. The zero-order valence-corrected chi connectivity index (χ0v) is 11.9. The van der Waals surface area contributed by atoms with Gasteiger partial charge < -0.3 is 5.11 Å². The fraction of sp³-hybridized carbons (Fsp3) is 0.333. The fourth-order valence-electron chi connectivity index (χ4n) is 1.52. The fourth-order valence-corrected chi connectivity index (χ4v) is 2.75. The standard InChI is InChI=1S/C9H7Br2ClN2O2/c10-5-2-13-9(7(11)8(5)12)14-3-4(15)1-6(14)16/h2,4,15H,1,3H2. The molecular formula is C9H7Br2ClN2O2. The molecule has 0 bridgehead atoms. The van der Waals surface area contributed by atoms with Crippen LogP contribution in [0.2, 0.25) is 5.02 Å². The molecule has 7 heteroatoms. The van der Waals surface area contributed by atoms with Crippen LogP contribution in [0.3, 0.4) is 0 Å². The van der Waals surface area contributed by atoms with Crippen LogP contribution in [-0.2, 0) is 4.79 Å². The van der Waals surface area contributed by atoms with Crippen LogP contribution in [0, 0.1) is 0 Å². The number of aliphatic hydroxyl groups excluding tert-OH is 1. The summed E-state index contributed by atoms with van der Waals surface area (Å²) in [5.74, 6) is 0.286. The van der Waals surface area contributed by atoms with E-state index in [1.54, 1.807) is 0 Å². The number of aliphatic hydroxyl groups is 1. The maximum absolute atomic E-state index is 11.6. The summed E-state index contributed by atoms with van der Waals surface area (Å²) in [5.41, 5.74) is 0. The molecular weight excluding hydrogens is 363 g/mol. The molecule has 1 aromatic heterocycles. The van der Waals surface area contributed by atoms with Crippen molar-refractivity contribution in [3.63, 3.8) is 0 Å². The van der Waals surface area contributed by atoms with Gasteiger partial charge in [-0.05, 0) is 31.9 Å². The van der Waals surface area contributed by atoms with Crippen molar-refractivity contribution in [2.24, 2.45) is 0 Å². The second kappa shape index (κ2) is 4.60. The molecule has 1 atom stereocenters. The Balaban J connectivity index is 2.42. The minimum atomic E-state index is -0.636. The van der Waals surface area contributed by atoms with E-state index < -0.39 is 6.10 Å². The highest BCUT2D eigenvalue weighted by Crippen LogP contribution is 2.37. The molecule has 1 saturated heterocycles. The first-order chi connectivity index (χ1) is 7.50. The molecule has 1 amide bonds. The summed E-state index contributed by atoms with van der Waals surface area (Å²) in [6.45, 7) is 0.252. The third-order valence-corrected chi connectivity index (χ3v) is 4.46. The second-order valence-corrected chi connectivity index (χ2v) is 5.45. The molecule has 1 aromatic rings. The van der Waals surface area contributed by atoms with Crippen molar-refractivity contribution in [2.75, 3.05) is 11.4 Å². The zero-order valence-electron chi connectivity index (χ0n) is 7.95. The molecule has 2 rings (SSSR count). The Morgan fingerprint density at radius 1 is 1.56 bits per heavy atom. The summed E-state index contributed by atoms with van der Waals surface area (Å²) in [6.07, 6.45) is 1.02. The van der Waals surface area contributed by atoms with Crippen LogP contribution in [0.25, 0.3) is 0 Å². The molecule has 1 aliphatic heterocycles. The van der Waals surface area contributed by atoms with Gasteiger partial charge in [0.2, 0.25) is 5.91 Å². The summed E-state index contributed by atoms with van der Waals surface area (Å²) >= 11 is 12.5. The van der Waals surface area contributed by atoms with E-state index in [0.29, 0.717) is 19.8 Å². The molecule has 0 radical (unpaired) electrons. The lowest BCUT2D eigenvalue weighted by Gasteiger charge is -2.17. The first kappa shape index (κ1) is 12.3. The second-order valence-electron chi connectivity index (χ2n) is 3.42. The van der Waals surface area contributed by atoms with Gasteiger partial charge in [-0.1, -0.05) is 11.6 Å². The Hall–Kier alpha value is -0.170. The van der Waals surface area contributed by atoms with Crippen LogP contribution >= 0.6 is 43.5 Å². The molecule has 1 unspecified atom stereocenters. The van der Waals surface area contributed by atoms with Gasteiger partial charge in [-0.2, -0.15) is 0 Å². The van der Waals surface area contributed by atoms with Crippen LogP contribution in [0.15, 0.2) is 15.1 Å². The predicted octanol–water partition coefficient (Wildman–Crippen LogP) is 2.36. The number of amides is 1. The molecule has 0 aliphatic carbocycles. The molecule has 0 saturated carbocycles. The van der Waals surface area contributed by atoms with Crippen molar-refractivity contribution in [3.05, 3.63) is 20.2 Å². The highest BCUT2D eigenvalue weighted by molar-refractivity contribution is 9.11.